The van der Waals surface area contributed by atoms with Gasteiger partial charge in [-0.3, -0.25) is 0 Å². The predicted octanol–water partition coefficient (Wildman–Crippen LogP) is 0.779. The van der Waals surface area contributed by atoms with Crippen LogP contribution in [-0.2, 0) is 18.9 Å². The van der Waals surface area contributed by atoms with Gasteiger partial charge in [-0.15, -0.1) is 0 Å². The Bertz CT molecular complexity index is 157. The Balaban J connectivity index is 4.41. The third-order valence-electron chi connectivity index (χ3n) is 3.29. The van der Waals surface area contributed by atoms with E-state index in [0.717, 1.165) is 63.5 Å². The zero-order valence-corrected chi connectivity index (χ0v) is 12.4. The first-order chi connectivity index (χ1) is 8.74. The van der Waals surface area contributed by atoms with E-state index in [-0.39, 0.29) is 0 Å². The van der Waals surface area contributed by atoms with Crippen LogP contribution in [0.1, 0.15) is 6.42 Å². The fourth-order valence-electron chi connectivity index (χ4n) is 2.07. The molecule has 0 radical (unpaired) electrons. The highest BCUT2D eigenvalue weighted by Gasteiger charge is 2.26. The highest BCUT2D eigenvalue weighted by molar-refractivity contribution is 4.47. The Morgan fingerprint density at radius 2 is 0.944 bits per heavy atom. The second kappa shape index (κ2) is 11.9. The number of rotatable bonds is 13. The van der Waals surface area contributed by atoms with Gasteiger partial charge in [0, 0.05) is 34.9 Å². The van der Waals surface area contributed by atoms with Crippen molar-refractivity contribution in [3.8, 4) is 0 Å². The molecule has 0 heterocycles. The average molecular weight is 264 g/mol. The Morgan fingerprint density at radius 3 is 1.28 bits per heavy atom. The summed E-state index contributed by atoms with van der Waals surface area (Å²) in [6, 6.07) is 0. The summed E-state index contributed by atoms with van der Waals surface area (Å²) in [5.41, 5.74) is 0. The summed E-state index contributed by atoms with van der Waals surface area (Å²) in [7, 11) is 6.98. The number of nitrogens with zero attached hydrogens (tertiary/aromatic N) is 1. The molecule has 0 fully saturated rings. The Hall–Kier alpha value is -0.200. The van der Waals surface area contributed by atoms with Gasteiger partial charge in [0.05, 0.1) is 33.0 Å². The van der Waals surface area contributed by atoms with Crippen molar-refractivity contribution >= 4 is 0 Å². The van der Waals surface area contributed by atoms with E-state index < -0.39 is 0 Å². The molecule has 0 aliphatic rings. The van der Waals surface area contributed by atoms with Crippen molar-refractivity contribution in [2.45, 2.75) is 6.42 Å². The van der Waals surface area contributed by atoms with Gasteiger partial charge in [0.1, 0.15) is 19.6 Å². The van der Waals surface area contributed by atoms with Crippen LogP contribution in [0.25, 0.3) is 0 Å². The van der Waals surface area contributed by atoms with E-state index in [4.69, 9.17) is 18.9 Å². The fraction of sp³-hybridized carbons (Fsp3) is 1.00. The molecule has 0 amide bonds. The van der Waals surface area contributed by atoms with Gasteiger partial charge >= 0.3 is 0 Å². The maximum atomic E-state index is 5.24. The lowest BCUT2D eigenvalue weighted by molar-refractivity contribution is -0.929. The lowest BCUT2D eigenvalue weighted by atomic mass is 10.2. The van der Waals surface area contributed by atoms with Crippen molar-refractivity contribution in [3.63, 3.8) is 0 Å². The first-order valence-electron chi connectivity index (χ1n) is 6.55. The molecule has 0 saturated carbocycles. The summed E-state index contributed by atoms with van der Waals surface area (Å²) in [4.78, 5) is 0. The van der Waals surface area contributed by atoms with E-state index in [9.17, 15) is 0 Å². The summed E-state index contributed by atoms with van der Waals surface area (Å²) in [5.74, 6) is 0. The Morgan fingerprint density at radius 1 is 0.556 bits per heavy atom. The maximum absolute atomic E-state index is 5.24. The van der Waals surface area contributed by atoms with Crippen LogP contribution in [0.3, 0.4) is 0 Å². The van der Waals surface area contributed by atoms with Crippen LogP contribution >= 0.6 is 0 Å². The molecule has 0 aliphatic heterocycles. The van der Waals surface area contributed by atoms with Crippen molar-refractivity contribution in [3.05, 3.63) is 0 Å². The van der Waals surface area contributed by atoms with Gasteiger partial charge in [0.15, 0.2) is 0 Å². The lowest BCUT2D eigenvalue weighted by Crippen LogP contribution is -2.54. The van der Waals surface area contributed by atoms with E-state index in [1.54, 1.807) is 28.4 Å². The summed E-state index contributed by atoms with van der Waals surface area (Å²) in [6.07, 6.45) is 1.05. The quantitative estimate of drug-likeness (QED) is 0.364. The molecule has 0 atom stereocenters. The first kappa shape index (κ1) is 17.8. The first-order valence-corrected chi connectivity index (χ1v) is 6.55. The molecule has 0 aliphatic carbocycles. The number of quaternary nitrogens is 1. The standard InChI is InChI=1S/C13H30NO4/c1-15-10-5-6-14(7-11-16-2,8-12-17-3)9-13-18-4/h5-13H2,1-4H3/q+1. The smallest absolute Gasteiger partial charge is 0.103 e. The number of hydrogen-bond acceptors (Lipinski definition) is 4. The van der Waals surface area contributed by atoms with Crippen LogP contribution in [0, 0.1) is 0 Å². The second-order valence-electron chi connectivity index (χ2n) is 4.56. The minimum Gasteiger partial charge on any atom is -0.384 e. The summed E-state index contributed by atoms with van der Waals surface area (Å²) in [5, 5.41) is 0. The minimum atomic E-state index is 0.764. The summed E-state index contributed by atoms with van der Waals surface area (Å²) < 4.78 is 21.8. The van der Waals surface area contributed by atoms with Gasteiger partial charge in [-0.2, -0.15) is 0 Å². The Labute approximate surface area is 112 Å². The highest BCUT2D eigenvalue weighted by Crippen LogP contribution is 2.09. The molecule has 5 nitrogen and oxygen atoms in total. The molecular weight excluding hydrogens is 234 g/mol. The van der Waals surface area contributed by atoms with Gasteiger partial charge in [-0.05, 0) is 0 Å². The minimum absolute atomic E-state index is 0.764. The predicted molar refractivity (Wildman–Crippen MR) is 71.8 cm³/mol. The van der Waals surface area contributed by atoms with Crippen LogP contribution in [0.5, 0.6) is 0 Å². The molecule has 0 spiro atoms. The monoisotopic (exact) mass is 264 g/mol. The second-order valence-corrected chi connectivity index (χ2v) is 4.56. The normalized spacial score (nSPS) is 12.0. The van der Waals surface area contributed by atoms with E-state index in [1.807, 2.05) is 0 Å². The molecule has 0 unspecified atom stereocenters. The van der Waals surface area contributed by atoms with Crippen molar-refractivity contribution in [1.82, 2.24) is 0 Å². The van der Waals surface area contributed by atoms with Crippen LogP contribution < -0.4 is 0 Å². The van der Waals surface area contributed by atoms with Crippen LogP contribution in [0.2, 0.25) is 0 Å². The average Bonchev–Trinajstić information content (AvgIpc) is 2.40. The molecule has 0 aromatic rings. The van der Waals surface area contributed by atoms with Crippen molar-refractivity contribution < 1.29 is 23.4 Å². The summed E-state index contributed by atoms with van der Waals surface area (Å²) >= 11 is 0. The lowest BCUT2D eigenvalue weighted by Gasteiger charge is -2.38. The van der Waals surface area contributed by atoms with E-state index >= 15 is 0 Å². The molecule has 0 rings (SSSR count). The summed E-state index contributed by atoms with van der Waals surface area (Å²) in [6.45, 7) is 7.14. The third-order valence-corrected chi connectivity index (χ3v) is 3.29. The molecule has 18 heavy (non-hydrogen) atoms. The van der Waals surface area contributed by atoms with E-state index in [2.05, 4.69) is 0 Å². The number of ether oxygens (including phenoxy) is 4. The van der Waals surface area contributed by atoms with Crippen molar-refractivity contribution in [2.24, 2.45) is 0 Å². The van der Waals surface area contributed by atoms with E-state index in [1.165, 1.54) is 0 Å². The maximum Gasteiger partial charge on any atom is 0.103 e. The van der Waals surface area contributed by atoms with Gasteiger partial charge < -0.3 is 23.4 Å². The van der Waals surface area contributed by atoms with Crippen molar-refractivity contribution in [1.29, 1.82) is 0 Å². The Kier molecular flexibility index (Phi) is 11.7. The molecule has 0 aromatic carbocycles. The molecule has 0 aromatic heterocycles. The van der Waals surface area contributed by atoms with E-state index in [0.29, 0.717) is 0 Å². The van der Waals surface area contributed by atoms with Gasteiger partial charge in [-0.25, -0.2) is 0 Å². The largest absolute Gasteiger partial charge is 0.384 e. The van der Waals surface area contributed by atoms with Gasteiger partial charge in [-0.1, -0.05) is 0 Å². The van der Waals surface area contributed by atoms with Crippen LogP contribution in [0.15, 0.2) is 0 Å². The molecule has 0 bridgehead atoms. The molecular formula is C13H30NO4+. The molecule has 0 N–H and O–H groups in total. The SMILES string of the molecule is COCCC[N+](CCOC)(CCOC)CCOC. The molecule has 110 valence electrons. The van der Waals surface area contributed by atoms with Crippen LogP contribution in [-0.4, -0.2) is 85.5 Å². The zero-order valence-electron chi connectivity index (χ0n) is 12.4. The number of methoxy groups -OCH3 is 4. The molecule has 5 heteroatoms. The van der Waals surface area contributed by atoms with Crippen molar-refractivity contribution in [2.75, 3.05) is 81.0 Å². The van der Waals surface area contributed by atoms with Gasteiger partial charge in [0.2, 0.25) is 0 Å². The fourth-order valence-corrected chi connectivity index (χ4v) is 2.07. The highest BCUT2D eigenvalue weighted by atomic mass is 16.5. The number of hydrogen-bond donors (Lipinski definition) is 0. The van der Waals surface area contributed by atoms with Crippen LogP contribution in [0.4, 0.5) is 0 Å². The van der Waals surface area contributed by atoms with Gasteiger partial charge in [0.25, 0.3) is 0 Å². The molecule has 0 saturated heterocycles. The third kappa shape index (κ3) is 8.00. The topological polar surface area (TPSA) is 36.9 Å². The zero-order chi connectivity index (χ0) is 13.7.